The molecule has 74 valence electrons. The zero-order valence-corrected chi connectivity index (χ0v) is 8.87. The summed E-state index contributed by atoms with van der Waals surface area (Å²) in [6, 6.07) is 2.13. The zero-order chi connectivity index (χ0) is 9.97. The van der Waals surface area contributed by atoms with Crippen LogP contribution in [0.2, 0.25) is 0 Å². The number of aryl methyl sites for hydroxylation is 1. The molecule has 14 heavy (non-hydrogen) atoms. The lowest BCUT2D eigenvalue weighted by molar-refractivity contribution is 0.661. The predicted molar refractivity (Wildman–Crippen MR) is 58.2 cm³/mol. The Kier molecular flexibility index (Phi) is 2.65. The molecule has 2 aromatic rings. The van der Waals surface area contributed by atoms with E-state index in [-0.39, 0.29) is 6.04 Å². The summed E-state index contributed by atoms with van der Waals surface area (Å²) in [7, 11) is 1.99. The summed E-state index contributed by atoms with van der Waals surface area (Å²) >= 11 is 1.68. The lowest BCUT2D eigenvalue weighted by Gasteiger charge is -2.09. The molecule has 0 aliphatic heterocycles. The summed E-state index contributed by atoms with van der Waals surface area (Å²) in [5.41, 5.74) is 7.25. The second kappa shape index (κ2) is 3.94. The number of aromatic nitrogens is 2. The molecule has 2 aromatic heterocycles. The fourth-order valence-corrected chi connectivity index (χ4v) is 2.12. The van der Waals surface area contributed by atoms with Gasteiger partial charge in [-0.05, 0) is 22.4 Å². The largest absolute Gasteiger partial charge is 0.338 e. The van der Waals surface area contributed by atoms with E-state index in [2.05, 4.69) is 16.4 Å². The molecule has 1 atom stereocenters. The fraction of sp³-hybridized carbons (Fsp3) is 0.300. The van der Waals surface area contributed by atoms with Crippen molar-refractivity contribution in [3.8, 4) is 0 Å². The third kappa shape index (κ3) is 1.86. The molecule has 0 aliphatic rings. The molecule has 2 rings (SSSR count). The van der Waals surface area contributed by atoms with Crippen LogP contribution in [0.25, 0.3) is 0 Å². The highest BCUT2D eigenvalue weighted by Crippen LogP contribution is 2.17. The van der Waals surface area contributed by atoms with Gasteiger partial charge in [-0.3, -0.25) is 0 Å². The summed E-state index contributed by atoms with van der Waals surface area (Å²) in [4.78, 5) is 4.25. The maximum absolute atomic E-state index is 6.05. The molecular formula is C10H13N3S. The Hall–Kier alpha value is -1.13. The molecule has 0 saturated heterocycles. The maximum atomic E-state index is 6.05. The van der Waals surface area contributed by atoms with Gasteiger partial charge < -0.3 is 10.3 Å². The Morgan fingerprint density at radius 3 is 3.07 bits per heavy atom. The standard InChI is InChI=1S/C10H13N3S/c1-13-4-3-12-10(13)6-9(11)8-2-5-14-7-8/h2-5,7,9H,6,11H2,1H3. The predicted octanol–water partition coefficient (Wildman–Crippen LogP) is 1.72. The van der Waals surface area contributed by atoms with Crippen LogP contribution in [-0.2, 0) is 13.5 Å². The van der Waals surface area contributed by atoms with Crippen LogP contribution in [0.1, 0.15) is 17.4 Å². The molecule has 0 saturated carbocycles. The highest BCUT2D eigenvalue weighted by Gasteiger charge is 2.09. The summed E-state index contributed by atoms with van der Waals surface area (Å²) in [5.74, 6) is 1.03. The van der Waals surface area contributed by atoms with Gasteiger partial charge in [0, 0.05) is 31.9 Å². The first kappa shape index (κ1) is 9.43. The SMILES string of the molecule is Cn1ccnc1CC(N)c1ccsc1. The van der Waals surface area contributed by atoms with Gasteiger partial charge in [0.25, 0.3) is 0 Å². The van der Waals surface area contributed by atoms with Crippen LogP contribution in [-0.4, -0.2) is 9.55 Å². The van der Waals surface area contributed by atoms with Crippen LogP contribution in [0, 0.1) is 0 Å². The van der Waals surface area contributed by atoms with Gasteiger partial charge in [-0.15, -0.1) is 0 Å². The summed E-state index contributed by atoms with van der Waals surface area (Å²) in [6.07, 6.45) is 4.53. The number of thiophene rings is 1. The average Bonchev–Trinajstić information content (AvgIpc) is 2.77. The quantitative estimate of drug-likeness (QED) is 0.833. The number of nitrogens with zero attached hydrogens (tertiary/aromatic N) is 2. The molecule has 0 aromatic carbocycles. The van der Waals surface area contributed by atoms with Crippen molar-refractivity contribution in [2.45, 2.75) is 12.5 Å². The fourth-order valence-electron chi connectivity index (χ4n) is 1.39. The van der Waals surface area contributed by atoms with E-state index in [1.54, 1.807) is 17.5 Å². The third-order valence-corrected chi connectivity index (χ3v) is 3.00. The number of rotatable bonds is 3. The van der Waals surface area contributed by atoms with Crippen molar-refractivity contribution in [3.05, 3.63) is 40.6 Å². The van der Waals surface area contributed by atoms with Gasteiger partial charge in [-0.1, -0.05) is 0 Å². The number of nitrogens with two attached hydrogens (primary N) is 1. The van der Waals surface area contributed by atoms with E-state index in [9.17, 15) is 0 Å². The first-order valence-electron chi connectivity index (χ1n) is 4.51. The Morgan fingerprint density at radius 1 is 1.64 bits per heavy atom. The van der Waals surface area contributed by atoms with Crippen molar-refractivity contribution in [2.75, 3.05) is 0 Å². The second-order valence-corrected chi connectivity index (χ2v) is 4.10. The maximum Gasteiger partial charge on any atom is 0.110 e. The van der Waals surface area contributed by atoms with Crippen LogP contribution in [0.4, 0.5) is 0 Å². The van der Waals surface area contributed by atoms with Gasteiger partial charge >= 0.3 is 0 Å². The van der Waals surface area contributed by atoms with E-state index in [0.29, 0.717) is 0 Å². The van der Waals surface area contributed by atoms with E-state index in [0.717, 1.165) is 12.2 Å². The summed E-state index contributed by atoms with van der Waals surface area (Å²) < 4.78 is 2.01. The first-order valence-corrected chi connectivity index (χ1v) is 5.45. The van der Waals surface area contributed by atoms with Gasteiger partial charge in [-0.2, -0.15) is 11.3 Å². The van der Waals surface area contributed by atoms with Gasteiger partial charge in [0.05, 0.1) is 0 Å². The molecule has 0 spiro atoms. The van der Waals surface area contributed by atoms with Crippen molar-refractivity contribution in [1.82, 2.24) is 9.55 Å². The van der Waals surface area contributed by atoms with Crippen LogP contribution >= 0.6 is 11.3 Å². The van der Waals surface area contributed by atoms with Gasteiger partial charge in [0.2, 0.25) is 0 Å². The van der Waals surface area contributed by atoms with E-state index in [1.165, 1.54) is 5.56 Å². The lowest BCUT2D eigenvalue weighted by Crippen LogP contribution is -2.14. The molecule has 0 amide bonds. The normalized spacial score (nSPS) is 13.0. The van der Waals surface area contributed by atoms with E-state index in [1.807, 2.05) is 23.2 Å². The molecule has 2 N–H and O–H groups in total. The van der Waals surface area contributed by atoms with Gasteiger partial charge in [-0.25, -0.2) is 4.98 Å². The van der Waals surface area contributed by atoms with Crippen molar-refractivity contribution < 1.29 is 0 Å². The minimum absolute atomic E-state index is 0.0577. The van der Waals surface area contributed by atoms with Crippen LogP contribution in [0.15, 0.2) is 29.2 Å². The third-order valence-electron chi connectivity index (χ3n) is 2.29. The van der Waals surface area contributed by atoms with Crippen LogP contribution < -0.4 is 5.73 Å². The number of imidazole rings is 1. The second-order valence-electron chi connectivity index (χ2n) is 3.32. The average molecular weight is 207 g/mol. The lowest BCUT2D eigenvalue weighted by atomic mass is 10.1. The smallest absolute Gasteiger partial charge is 0.110 e. The monoisotopic (exact) mass is 207 g/mol. The van der Waals surface area contributed by atoms with Crippen molar-refractivity contribution >= 4 is 11.3 Å². The van der Waals surface area contributed by atoms with Crippen molar-refractivity contribution in [3.63, 3.8) is 0 Å². The first-order chi connectivity index (χ1) is 6.77. The Morgan fingerprint density at radius 2 is 2.50 bits per heavy atom. The summed E-state index contributed by atoms with van der Waals surface area (Å²) in [5, 5.41) is 4.14. The molecule has 0 aliphatic carbocycles. The van der Waals surface area contributed by atoms with E-state index < -0.39 is 0 Å². The molecule has 1 unspecified atom stereocenters. The van der Waals surface area contributed by atoms with E-state index >= 15 is 0 Å². The molecule has 4 heteroatoms. The van der Waals surface area contributed by atoms with Gasteiger partial charge in [0.1, 0.15) is 5.82 Å². The Balaban J connectivity index is 2.09. The Labute approximate surface area is 87.2 Å². The number of hydrogen-bond donors (Lipinski definition) is 1. The molecule has 0 fully saturated rings. The number of hydrogen-bond acceptors (Lipinski definition) is 3. The van der Waals surface area contributed by atoms with Gasteiger partial charge in [0.15, 0.2) is 0 Å². The van der Waals surface area contributed by atoms with Crippen LogP contribution in [0.5, 0.6) is 0 Å². The Bertz CT molecular complexity index is 391. The highest BCUT2D eigenvalue weighted by molar-refractivity contribution is 7.07. The topological polar surface area (TPSA) is 43.8 Å². The van der Waals surface area contributed by atoms with Crippen molar-refractivity contribution in [2.24, 2.45) is 12.8 Å². The van der Waals surface area contributed by atoms with Crippen molar-refractivity contribution in [1.29, 1.82) is 0 Å². The molecule has 0 bridgehead atoms. The van der Waals surface area contributed by atoms with E-state index in [4.69, 9.17) is 5.73 Å². The highest BCUT2D eigenvalue weighted by atomic mass is 32.1. The van der Waals surface area contributed by atoms with Crippen LogP contribution in [0.3, 0.4) is 0 Å². The molecule has 2 heterocycles. The summed E-state index contributed by atoms with van der Waals surface area (Å²) in [6.45, 7) is 0. The molecule has 3 nitrogen and oxygen atoms in total. The minimum Gasteiger partial charge on any atom is -0.338 e. The molecule has 0 radical (unpaired) electrons. The minimum atomic E-state index is 0.0577. The zero-order valence-electron chi connectivity index (χ0n) is 8.05. The molecular weight excluding hydrogens is 194 g/mol.